The van der Waals surface area contributed by atoms with E-state index in [9.17, 15) is 0 Å². The van der Waals surface area contributed by atoms with Crippen molar-refractivity contribution < 1.29 is 0 Å². The van der Waals surface area contributed by atoms with Gasteiger partial charge in [-0.25, -0.2) is 0 Å². The summed E-state index contributed by atoms with van der Waals surface area (Å²) < 4.78 is 4.47. The predicted octanol–water partition coefficient (Wildman–Crippen LogP) is 7.51. The molecule has 0 unspecified atom stereocenters. The molecule has 0 aromatic heterocycles. The molecular weight excluding hydrogens is 592 g/mol. The molecule has 0 aliphatic rings. The van der Waals surface area contributed by atoms with Crippen molar-refractivity contribution >= 4 is 90.2 Å². The zero-order valence-corrected chi connectivity index (χ0v) is 23.3. The Labute approximate surface area is 182 Å². The smallest absolute Gasteiger partial charge is 0.0656 e. The maximum Gasteiger partial charge on any atom is 0.0776 e. The molecule has 0 aliphatic carbocycles. The summed E-state index contributed by atoms with van der Waals surface area (Å²) in [5.74, 6) is 0. The number of hydrogen-bond acceptors (Lipinski definition) is 0. The lowest BCUT2D eigenvalue weighted by Crippen LogP contribution is -2.45. The molecule has 2 rings (SSSR count). The second kappa shape index (κ2) is 9.13. The van der Waals surface area contributed by atoms with Crippen LogP contribution in [0.5, 0.6) is 0 Å². The molecule has 0 nitrogen and oxygen atoms in total. The summed E-state index contributed by atoms with van der Waals surface area (Å²) in [4.78, 5) is 0. The topological polar surface area (TPSA) is 0 Å². The highest BCUT2D eigenvalue weighted by molar-refractivity contribution is 9.11. The maximum atomic E-state index is 3.64. The Morgan fingerprint density at radius 3 is 0.958 bits per heavy atom. The molecule has 0 atom stereocenters. The van der Waals surface area contributed by atoms with Crippen LogP contribution in [0.25, 0.3) is 0 Å². The monoisotopic (exact) mass is 612 g/mol. The molecule has 0 spiro atoms. The van der Waals surface area contributed by atoms with E-state index in [2.05, 4.69) is 121 Å². The molecule has 0 bridgehead atoms. The van der Waals surface area contributed by atoms with Crippen LogP contribution in [0.2, 0.25) is 39.3 Å². The molecule has 0 saturated heterocycles. The lowest BCUT2D eigenvalue weighted by molar-refractivity contribution is 1.56. The van der Waals surface area contributed by atoms with E-state index in [-0.39, 0.29) is 0 Å². The lowest BCUT2D eigenvalue weighted by Gasteiger charge is -2.23. The SMILES string of the molecule is Brc1cc(Br)cc(Br)c1.C[Si](C)(C)c1cc(Br)cc([Si](C)(C)C)c1. The van der Waals surface area contributed by atoms with Crippen LogP contribution in [0, 0.1) is 0 Å². The van der Waals surface area contributed by atoms with E-state index < -0.39 is 16.1 Å². The fourth-order valence-corrected chi connectivity index (χ4v) is 7.79. The van der Waals surface area contributed by atoms with Crippen molar-refractivity contribution in [1.29, 1.82) is 0 Å². The summed E-state index contributed by atoms with van der Waals surface area (Å²) in [5, 5.41) is 3.13. The Morgan fingerprint density at radius 1 is 0.458 bits per heavy atom. The van der Waals surface area contributed by atoms with E-state index in [0.717, 1.165) is 13.4 Å². The Bertz CT molecular complexity index is 618. The highest BCUT2D eigenvalue weighted by Gasteiger charge is 2.22. The van der Waals surface area contributed by atoms with E-state index in [1.807, 2.05) is 18.2 Å². The summed E-state index contributed by atoms with van der Waals surface area (Å²) in [6.45, 7) is 14.4. The largest absolute Gasteiger partial charge is 0.0776 e. The fourth-order valence-electron chi connectivity index (χ4n) is 1.98. The van der Waals surface area contributed by atoms with Gasteiger partial charge < -0.3 is 0 Å². The average Bonchev–Trinajstić information content (AvgIpc) is 2.34. The normalized spacial score (nSPS) is 11.8. The van der Waals surface area contributed by atoms with Gasteiger partial charge >= 0.3 is 0 Å². The summed E-state index contributed by atoms with van der Waals surface area (Å²) in [6, 6.07) is 13.0. The molecule has 0 saturated carbocycles. The van der Waals surface area contributed by atoms with Gasteiger partial charge in [0, 0.05) is 17.9 Å². The first-order chi connectivity index (χ1) is 10.8. The summed E-state index contributed by atoms with van der Waals surface area (Å²) >= 11 is 13.7. The molecule has 0 N–H and O–H groups in total. The minimum Gasteiger partial charge on any atom is -0.0656 e. The minimum atomic E-state index is -1.18. The maximum absolute atomic E-state index is 3.64. The van der Waals surface area contributed by atoms with E-state index in [4.69, 9.17) is 0 Å². The van der Waals surface area contributed by atoms with Crippen molar-refractivity contribution in [1.82, 2.24) is 0 Å². The van der Waals surface area contributed by atoms with Gasteiger partial charge in [0.05, 0.1) is 16.1 Å². The highest BCUT2D eigenvalue weighted by Crippen LogP contribution is 2.23. The average molecular weight is 616 g/mol. The van der Waals surface area contributed by atoms with E-state index in [1.54, 1.807) is 10.4 Å². The summed E-state index contributed by atoms with van der Waals surface area (Å²) in [6.07, 6.45) is 0. The number of hydrogen-bond donors (Lipinski definition) is 0. The molecule has 2 aromatic carbocycles. The molecule has 6 heteroatoms. The van der Waals surface area contributed by atoms with Gasteiger partial charge in [-0.15, -0.1) is 0 Å². The van der Waals surface area contributed by atoms with Crippen LogP contribution < -0.4 is 10.4 Å². The molecule has 0 aliphatic heterocycles. The number of rotatable bonds is 2. The van der Waals surface area contributed by atoms with Gasteiger partial charge in [0.25, 0.3) is 0 Å². The van der Waals surface area contributed by atoms with Gasteiger partial charge in [0.2, 0.25) is 0 Å². The van der Waals surface area contributed by atoms with Gasteiger partial charge in [-0.2, -0.15) is 0 Å². The van der Waals surface area contributed by atoms with Crippen LogP contribution >= 0.6 is 63.7 Å². The van der Waals surface area contributed by atoms with Crippen molar-refractivity contribution in [2.45, 2.75) is 39.3 Å². The van der Waals surface area contributed by atoms with Gasteiger partial charge in [-0.05, 0) is 30.3 Å². The zero-order chi connectivity index (χ0) is 18.7. The van der Waals surface area contributed by atoms with Crippen LogP contribution in [0.15, 0.2) is 54.3 Å². The number of halogens is 4. The van der Waals surface area contributed by atoms with E-state index in [0.29, 0.717) is 0 Å². The van der Waals surface area contributed by atoms with Crippen molar-refractivity contribution in [3.63, 3.8) is 0 Å². The molecule has 132 valence electrons. The van der Waals surface area contributed by atoms with Crippen LogP contribution in [-0.2, 0) is 0 Å². The van der Waals surface area contributed by atoms with Crippen molar-refractivity contribution in [2.75, 3.05) is 0 Å². The predicted molar refractivity (Wildman–Crippen MR) is 130 cm³/mol. The Balaban J connectivity index is 0.000000272. The van der Waals surface area contributed by atoms with Crippen molar-refractivity contribution in [3.05, 3.63) is 54.3 Å². The van der Waals surface area contributed by atoms with E-state index >= 15 is 0 Å². The Morgan fingerprint density at radius 2 is 0.708 bits per heavy atom. The molecule has 2 aromatic rings. The Kier molecular flexibility index (Phi) is 8.69. The van der Waals surface area contributed by atoms with Gasteiger partial charge in [0.1, 0.15) is 0 Å². The second-order valence-electron chi connectivity index (χ2n) is 7.82. The summed E-state index contributed by atoms with van der Waals surface area (Å²) in [5.41, 5.74) is 0. The third-order valence-corrected chi connectivity index (χ3v) is 9.33. The van der Waals surface area contributed by atoms with E-state index in [1.165, 1.54) is 4.47 Å². The standard InChI is InChI=1S/C12H21BrSi2.C6H3Br3/c1-14(2,3)11-7-10(13)8-12(9-11)15(4,5)6;7-4-1-5(8)3-6(9)2-4/h7-9H,1-6H3;1-3H. The van der Waals surface area contributed by atoms with Crippen LogP contribution in [-0.4, -0.2) is 16.1 Å². The first-order valence-electron chi connectivity index (χ1n) is 7.72. The molecule has 0 radical (unpaired) electrons. The molecule has 24 heavy (non-hydrogen) atoms. The van der Waals surface area contributed by atoms with Crippen LogP contribution in [0.1, 0.15) is 0 Å². The van der Waals surface area contributed by atoms with Crippen molar-refractivity contribution in [2.24, 2.45) is 0 Å². The summed E-state index contributed by atoms with van der Waals surface area (Å²) in [7, 11) is -2.37. The van der Waals surface area contributed by atoms with Crippen LogP contribution in [0.3, 0.4) is 0 Å². The quantitative estimate of drug-likeness (QED) is 0.307. The lowest BCUT2D eigenvalue weighted by atomic mass is 10.4. The highest BCUT2D eigenvalue weighted by atomic mass is 79.9. The fraction of sp³-hybridized carbons (Fsp3) is 0.333. The van der Waals surface area contributed by atoms with Gasteiger partial charge in [-0.3, -0.25) is 0 Å². The molecular formula is C18H24Br4Si2. The van der Waals surface area contributed by atoms with Crippen molar-refractivity contribution in [3.8, 4) is 0 Å². The minimum absolute atomic E-state index is 1.07. The van der Waals surface area contributed by atoms with Crippen LogP contribution in [0.4, 0.5) is 0 Å². The third-order valence-electron chi connectivity index (χ3n) is 3.46. The number of benzene rings is 2. The van der Waals surface area contributed by atoms with Gasteiger partial charge in [-0.1, -0.05) is 119 Å². The molecule has 0 amide bonds. The zero-order valence-electron chi connectivity index (χ0n) is 15.0. The first kappa shape index (κ1) is 22.8. The molecule has 0 fully saturated rings. The van der Waals surface area contributed by atoms with Gasteiger partial charge in [0.15, 0.2) is 0 Å². The third kappa shape index (κ3) is 8.00. The second-order valence-corrected chi connectivity index (χ2v) is 21.6. The first-order valence-corrected chi connectivity index (χ1v) is 17.9. The Hall–Kier alpha value is 0.794. The molecule has 0 heterocycles.